The van der Waals surface area contributed by atoms with Gasteiger partial charge in [0.25, 0.3) is 0 Å². The van der Waals surface area contributed by atoms with Gasteiger partial charge >= 0.3 is 0 Å². The summed E-state index contributed by atoms with van der Waals surface area (Å²) in [6.07, 6.45) is 3.19. The van der Waals surface area contributed by atoms with E-state index in [1.807, 2.05) is 19.2 Å². The van der Waals surface area contributed by atoms with E-state index in [4.69, 9.17) is 0 Å². The molecule has 0 spiro atoms. The zero-order valence-corrected chi connectivity index (χ0v) is 14.2. The minimum absolute atomic E-state index is 0.494. The fourth-order valence-electron chi connectivity index (χ4n) is 2.19. The largest absolute Gasteiger partial charge is 0.370 e. The lowest BCUT2D eigenvalue weighted by Gasteiger charge is -2.34. The number of hydrogen-bond donors (Lipinski definition) is 1. The second-order valence-electron chi connectivity index (χ2n) is 4.78. The van der Waals surface area contributed by atoms with Gasteiger partial charge in [-0.05, 0) is 13.2 Å². The lowest BCUT2D eigenvalue weighted by atomic mass is 10.3. The van der Waals surface area contributed by atoms with Crippen LogP contribution in [0.1, 0.15) is 6.92 Å². The number of aromatic nitrogens is 2. The Morgan fingerprint density at radius 1 is 1.29 bits per heavy atom. The Hall–Kier alpha value is -1.06. The number of nitrogens with one attached hydrogen (secondary N) is 1. The highest BCUT2D eigenvalue weighted by molar-refractivity contribution is 7.98. The molecule has 118 valence electrons. The molecule has 1 N–H and O–H groups in total. The van der Waals surface area contributed by atoms with Gasteiger partial charge in [-0.2, -0.15) is 4.31 Å². The molecule has 7 nitrogen and oxygen atoms in total. The van der Waals surface area contributed by atoms with Crippen LogP contribution < -0.4 is 10.2 Å². The smallest absolute Gasteiger partial charge is 0.211 e. The first-order valence-corrected chi connectivity index (χ1v) is 9.88. The monoisotopic (exact) mass is 331 g/mol. The van der Waals surface area contributed by atoms with E-state index < -0.39 is 10.0 Å². The van der Waals surface area contributed by atoms with Gasteiger partial charge in [0, 0.05) is 38.8 Å². The van der Waals surface area contributed by atoms with Crippen molar-refractivity contribution in [1.82, 2.24) is 14.3 Å². The molecule has 1 aromatic heterocycles. The molecule has 1 saturated heterocycles. The van der Waals surface area contributed by atoms with Crippen molar-refractivity contribution in [3.05, 3.63) is 6.07 Å². The van der Waals surface area contributed by atoms with Crippen LogP contribution in [0.4, 0.5) is 11.6 Å². The maximum Gasteiger partial charge on any atom is 0.211 e. The number of rotatable bonds is 5. The number of sulfonamides is 1. The van der Waals surface area contributed by atoms with Gasteiger partial charge in [-0.3, -0.25) is 0 Å². The Balaban J connectivity index is 2.14. The van der Waals surface area contributed by atoms with Gasteiger partial charge in [0.2, 0.25) is 10.0 Å². The van der Waals surface area contributed by atoms with Crippen molar-refractivity contribution in [2.24, 2.45) is 0 Å². The summed E-state index contributed by atoms with van der Waals surface area (Å²) in [6, 6.07) is 1.92. The summed E-state index contributed by atoms with van der Waals surface area (Å²) in [5.41, 5.74) is 0. The molecule has 1 fully saturated rings. The average Bonchev–Trinajstić information content (AvgIpc) is 2.46. The Kier molecular flexibility index (Phi) is 5.28. The first-order chi connectivity index (χ1) is 9.94. The third-order valence-electron chi connectivity index (χ3n) is 3.26. The molecule has 1 aliphatic heterocycles. The molecule has 0 aromatic carbocycles. The first kappa shape index (κ1) is 16.3. The molecule has 0 bridgehead atoms. The van der Waals surface area contributed by atoms with E-state index in [1.165, 1.54) is 22.3 Å². The molecule has 0 radical (unpaired) electrons. The fourth-order valence-corrected chi connectivity index (χ4v) is 3.39. The molecule has 2 heterocycles. The SMILES string of the molecule is CCNc1cc(N2CCN(S(C)(=O)=O)CC2)nc(SC)n1. The van der Waals surface area contributed by atoms with E-state index >= 15 is 0 Å². The topological polar surface area (TPSA) is 78.4 Å². The fraction of sp³-hybridized carbons (Fsp3) is 0.667. The average molecular weight is 331 g/mol. The maximum absolute atomic E-state index is 11.5. The Bertz CT molecular complexity index is 585. The quantitative estimate of drug-likeness (QED) is 0.629. The predicted molar refractivity (Wildman–Crippen MR) is 86.6 cm³/mol. The Morgan fingerprint density at radius 3 is 2.48 bits per heavy atom. The van der Waals surface area contributed by atoms with Gasteiger partial charge in [-0.1, -0.05) is 11.8 Å². The molecule has 0 atom stereocenters. The molecule has 0 amide bonds. The summed E-state index contributed by atoms with van der Waals surface area (Å²) in [5.74, 6) is 1.65. The van der Waals surface area contributed by atoms with Gasteiger partial charge in [0.15, 0.2) is 5.16 Å². The van der Waals surface area contributed by atoms with Crippen LogP contribution in [0.15, 0.2) is 11.2 Å². The predicted octanol–water partition coefficient (Wildman–Crippen LogP) is 0.712. The van der Waals surface area contributed by atoms with Gasteiger partial charge < -0.3 is 10.2 Å². The van der Waals surface area contributed by atoms with E-state index in [9.17, 15) is 8.42 Å². The molecule has 0 unspecified atom stereocenters. The number of hydrogen-bond acceptors (Lipinski definition) is 7. The molecule has 9 heteroatoms. The van der Waals surface area contributed by atoms with Crippen LogP contribution in [0.2, 0.25) is 0 Å². The summed E-state index contributed by atoms with van der Waals surface area (Å²) in [6.45, 7) is 5.09. The minimum Gasteiger partial charge on any atom is -0.370 e. The third-order valence-corrected chi connectivity index (χ3v) is 5.12. The van der Waals surface area contributed by atoms with Crippen LogP contribution in [0.25, 0.3) is 0 Å². The van der Waals surface area contributed by atoms with Crippen molar-refractivity contribution in [2.45, 2.75) is 12.1 Å². The van der Waals surface area contributed by atoms with Crippen molar-refractivity contribution < 1.29 is 8.42 Å². The molecule has 2 rings (SSSR count). The lowest BCUT2D eigenvalue weighted by molar-refractivity contribution is 0.386. The van der Waals surface area contributed by atoms with E-state index in [2.05, 4.69) is 20.2 Å². The molecule has 0 aliphatic carbocycles. The van der Waals surface area contributed by atoms with Crippen LogP contribution in [0.5, 0.6) is 0 Å². The highest BCUT2D eigenvalue weighted by Crippen LogP contribution is 2.21. The van der Waals surface area contributed by atoms with Crippen molar-refractivity contribution in [2.75, 3.05) is 55.5 Å². The number of anilines is 2. The standard InChI is InChI=1S/C12H21N5O2S2/c1-4-13-10-9-11(15-12(14-10)20-2)16-5-7-17(8-6-16)21(3,18)19/h9H,4-8H2,1-3H3,(H,13,14,15). The summed E-state index contributed by atoms with van der Waals surface area (Å²) < 4.78 is 24.6. The van der Waals surface area contributed by atoms with Crippen molar-refractivity contribution in [3.8, 4) is 0 Å². The molecule has 1 aromatic rings. The Labute approximate surface area is 130 Å². The van der Waals surface area contributed by atoms with Crippen molar-refractivity contribution in [3.63, 3.8) is 0 Å². The van der Waals surface area contributed by atoms with Gasteiger partial charge in [0.05, 0.1) is 6.26 Å². The third kappa shape index (κ3) is 4.21. The van der Waals surface area contributed by atoms with Gasteiger partial charge in [-0.25, -0.2) is 18.4 Å². The van der Waals surface area contributed by atoms with Gasteiger partial charge in [-0.15, -0.1) is 0 Å². The zero-order valence-electron chi connectivity index (χ0n) is 12.5. The maximum atomic E-state index is 11.5. The van der Waals surface area contributed by atoms with Gasteiger partial charge in [0.1, 0.15) is 11.6 Å². The number of nitrogens with zero attached hydrogens (tertiary/aromatic N) is 4. The highest BCUT2D eigenvalue weighted by atomic mass is 32.2. The van der Waals surface area contributed by atoms with Crippen LogP contribution in [0.3, 0.4) is 0 Å². The van der Waals surface area contributed by atoms with Crippen LogP contribution in [-0.4, -0.2) is 67.9 Å². The summed E-state index contributed by atoms with van der Waals surface area (Å²) in [5, 5.41) is 3.91. The molecular weight excluding hydrogens is 310 g/mol. The summed E-state index contributed by atoms with van der Waals surface area (Å²) >= 11 is 1.50. The lowest BCUT2D eigenvalue weighted by Crippen LogP contribution is -2.48. The Morgan fingerprint density at radius 2 is 1.95 bits per heavy atom. The zero-order chi connectivity index (χ0) is 15.5. The normalized spacial score (nSPS) is 17.0. The molecular formula is C12H21N5O2S2. The second kappa shape index (κ2) is 6.80. The van der Waals surface area contributed by atoms with Crippen LogP contribution in [-0.2, 0) is 10.0 Å². The summed E-state index contributed by atoms with van der Waals surface area (Å²) in [4.78, 5) is 11.0. The minimum atomic E-state index is -3.10. The number of thioether (sulfide) groups is 1. The highest BCUT2D eigenvalue weighted by Gasteiger charge is 2.24. The van der Waals surface area contributed by atoms with Crippen LogP contribution >= 0.6 is 11.8 Å². The van der Waals surface area contributed by atoms with Crippen LogP contribution in [0, 0.1) is 0 Å². The van der Waals surface area contributed by atoms with Crippen molar-refractivity contribution >= 4 is 33.4 Å². The van der Waals surface area contributed by atoms with E-state index in [-0.39, 0.29) is 0 Å². The first-order valence-electron chi connectivity index (χ1n) is 6.81. The van der Waals surface area contributed by atoms with E-state index in [1.54, 1.807) is 0 Å². The van der Waals surface area contributed by atoms with E-state index in [0.717, 1.165) is 18.2 Å². The van der Waals surface area contributed by atoms with Crippen molar-refractivity contribution in [1.29, 1.82) is 0 Å². The molecule has 0 saturated carbocycles. The molecule has 21 heavy (non-hydrogen) atoms. The summed E-state index contributed by atoms with van der Waals surface area (Å²) in [7, 11) is -3.10. The second-order valence-corrected chi connectivity index (χ2v) is 7.53. The number of piperazine rings is 1. The molecule has 1 aliphatic rings. The van der Waals surface area contributed by atoms with E-state index in [0.29, 0.717) is 31.3 Å².